The highest BCUT2D eigenvalue weighted by molar-refractivity contribution is 5.44. The van der Waals surface area contributed by atoms with Crippen molar-refractivity contribution >= 4 is 5.69 Å². The Bertz CT molecular complexity index is 343. The Labute approximate surface area is 85.8 Å². The van der Waals surface area contributed by atoms with Crippen LogP contribution in [0, 0.1) is 0 Å². The Hall–Kier alpha value is -1.41. The summed E-state index contributed by atoms with van der Waals surface area (Å²) in [4.78, 5) is 0. The van der Waals surface area contributed by atoms with Gasteiger partial charge >= 0.3 is 12.4 Å². The molecule has 16 heavy (non-hydrogen) atoms. The van der Waals surface area contributed by atoms with Crippen LogP contribution < -0.4 is 5.73 Å². The number of nitrogens with two attached hydrogens (primary N) is 1. The summed E-state index contributed by atoms with van der Waals surface area (Å²) >= 11 is 0. The molecule has 1 aromatic rings. The summed E-state index contributed by atoms with van der Waals surface area (Å²) in [6.07, 6.45) is -10.2. The number of alkyl halides is 6. The second-order valence-electron chi connectivity index (χ2n) is 3.12. The van der Waals surface area contributed by atoms with Gasteiger partial charge in [0.25, 0.3) is 0 Å². The molecule has 1 rings (SSSR count). The van der Waals surface area contributed by atoms with Gasteiger partial charge in [-0.2, -0.15) is 31.4 Å². The Kier molecular flexibility index (Phi) is 2.82. The Morgan fingerprint density at radius 3 is 1.88 bits per heavy atom. The predicted molar refractivity (Wildman–Crippen MR) is 42.5 cm³/mol. The first-order chi connectivity index (χ1) is 7.05. The largest absolute Gasteiger partial charge is 0.406 e. The van der Waals surface area contributed by atoms with E-state index in [0.717, 1.165) is 13.2 Å². The highest BCUT2D eigenvalue weighted by Crippen LogP contribution is 2.47. The third kappa shape index (κ3) is 2.22. The molecule has 9 heteroatoms. The number of rotatable bonds is 1. The highest BCUT2D eigenvalue weighted by atomic mass is 19.4. The van der Waals surface area contributed by atoms with Crippen molar-refractivity contribution in [3.8, 4) is 0 Å². The average molecular weight is 247 g/mol. The number of halogens is 6. The number of aryl methyl sites for hydroxylation is 1. The van der Waals surface area contributed by atoms with E-state index in [0.29, 0.717) is 4.68 Å². The monoisotopic (exact) mass is 247 g/mol. The summed E-state index contributed by atoms with van der Waals surface area (Å²) in [6, 6.07) is 0. The molecule has 1 heterocycles. The van der Waals surface area contributed by atoms with E-state index in [4.69, 9.17) is 5.73 Å². The molecule has 0 radical (unpaired) electrons. The lowest BCUT2D eigenvalue weighted by Gasteiger charge is -2.23. The van der Waals surface area contributed by atoms with Gasteiger partial charge in [0, 0.05) is 7.05 Å². The van der Waals surface area contributed by atoms with E-state index >= 15 is 0 Å². The van der Waals surface area contributed by atoms with Crippen LogP contribution in [-0.4, -0.2) is 22.1 Å². The molecule has 0 aliphatic carbocycles. The summed E-state index contributed by atoms with van der Waals surface area (Å²) in [5, 5.41) is 3.26. The van der Waals surface area contributed by atoms with E-state index in [-0.39, 0.29) is 0 Å². The normalized spacial score (nSPS) is 13.5. The molecule has 0 aromatic carbocycles. The molecule has 0 amide bonds. The van der Waals surface area contributed by atoms with Gasteiger partial charge in [-0.1, -0.05) is 0 Å². The van der Waals surface area contributed by atoms with Gasteiger partial charge in [-0.3, -0.25) is 4.68 Å². The van der Waals surface area contributed by atoms with Crippen LogP contribution in [0.4, 0.5) is 32.0 Å². The van der Waals surface area contributed by atoms with Crippen LogP contribution in [0.2, 0.25) is 0 Å². The molecular weight excluding hydrogens is 240 g/mol. The highest BCUT2D eigenvalue weighted by Gasteiger charge is 2.59. The van der Waals surface area contributed by atoms with Crippen molar-refractivity contribution in [1.29, 1.82) is 0 Å². The Balaban J connectivity index is 3.34. The quantitative estimate of drug-likeness (QED) is 0.773. The molecule has 0 bridgehead atoms. The zero-order chi connectivity index (χ0) is 12.7. The predicted octanol–water partition coefficient (Wildman–Crippen LogP) is 2.21. The number of hydrogen-bond acceptors (Lipinski definition) is 2. The van der Waals surface area contributed by atoms with Gasteiger partial charge in [-0.05, 0) is 0 Å². The average Bonchev–Trinajstić information content (AvgIpc) is 2.30. The molecule has 3 nitrogen and oxygen atoms in total. The second-order valence-corrected chi connectivity index (χ2v) is 3.12. The molecule has 0 unspecified atom stereocenters. The summed E-state index contributed by atoms with van der Waals surface area (Å²) in [5.41, 5.74) is 3.32. The minimum Gasteiger partial charge on any atom is -0.396 e. The number of nitrogen functional groups attached to an aromatic ring is 1. The van der Waals surface area contributed by atoms with Crippen molar-refractivity contribution in [2.24, 2.45) is 7.05 Å². The van der Waals surface area contributed by atoms with Gasteiger partial charge in [0.15, 0.2) is 5.92 Å². The number of hydrogen-bond donors (Lipinski definition) is 1. The van der Waals surface area contributed by atoms with Gasteiger partial charge < -0.3 is 5.73 Å². The molecular formula is C7H7F6N3. The van der Waals surface area contributed by atoms with Gasteiger partial charge in [0.1, 0.15) is 0 Å². The van der Waals surface area contributed by atoms with Crippen LogP contribution in [0.5, 0.6) is 0 Å². The van der Waals surface area contributed by atoms with Crippen LogP contribution in [0.1, 0.15) is 11.6 Å². The van der Waals surface area contributed by atoms with Crippen molar-refractivity contribution in [2.75, 3.05) is 5.73 Å². The Morgan fingerprint density at radius 1 is 1.19 bits per heavy atom. The van der Waals surface area contributed by atoms with E-state index in [1.165, 1.54) is 0 Å². The molecule has 2 N–H and O–H groups in total. The van der Waals surface area contributed by atoms with Crippen LogP contribution in [0.25, 0.3) is 0 Å². The molecule has 0 aliphatic heterocycles. The van der Waals surface area contributed by atoms with Crippen LogP contribution >= 0.6 is 0 Å². The van der Waals surface area contributed by atoms with E-state index in [1.807, 2.05) is 0 Å². The van der Waals surface area contributed by atoms with Gasteiger partial charge in [0.2, 0.25) is 0 Å². The lowest BCUT2D eigenvalue weighted by molar-refractivity contribution is -0.255. The van der Waals surface area contributed by atoms with Crippen molar-refractivity contribution in [3.05, 3.63) is 11.9 Å². The fourth-order valence-electron chi connectivity index (χ4n) is 1.31. The third-order valence-electron chi connectivity index (χ3n) is 1.94. The fourth-order valence-corrected chi connectivity index (χ4v) is 1.31. The lowest BCUT2D eigenvalue weighted by Crippen LogP contribution is -2.36. The van der Waals surface area contributed by atoms with E-state index in [1.54, 1.807) is 0 Å². The standard InChI is InChI=1S/C7H7F6N3/c1-16-4(3(14)2-15-16)5(6(8,9)10)7(11,12)13/h2,5H,14H2,1H3. The van der Waals surface area contributed by atoms with Crippen molar-refractivity contribution in [1.82, 2.24) is 9.78 Å². The summed E-state index contributed by atoms with van der Waals surface area (Å²) in [7, 11) is 0.968. The number of anilines is 1. The SMILES string of the molecule is Cn1ncc(N)c1C(C(F)(F)F)C(F)(F)F. The molecule has 0 aliphatic rings. The van der Waals surface area contributed by atoms with Gasteiger partial charge in [-0.25, -0.2) is 0 Å². The molecule has 0 saturated heterocycles. The van der Waals surface area contributed by atoms with E-state index < -0.39 is 29.7 Å². The fraction of sp³-hybridized carbons (Fsp3) is 0.571. The topological polar surface area (TPSA) is 43.8 Å². The van der Waals surface area contributed by atoms with E-state index in [2.05, 4.69) is 5.10 Å². The maximum absolute atomic E-state index is 12.3. The molecule has 92 valence electrons. The maximum atomic E-state index is 12.3. The summed E-state index contributed by atoms with van der Waals surface area (Å²) in [6.45, 7) is 0. The van der Waals surface area contributed by atoms with Crippen molar-refractivity contribution in [2.45, 2.75) is 18.3 Å². The number of aromatic nitrogens is 2. The summed E-state index contributed by atoms with van der Waals surface area (Å²) < 4.78 is 74.4. The minimum atomic E-state index is -5.46. The molecule has 1 aromatic heterocycles. The first-order valence-electron chi connectivity index (χ1n) is 3.96. The van der Waals surface area contributed by atoms with Gasteiger partial charge in [-0.15, -0.1) is 0 Å². The third-order valence-corrected chi connectivity index (χ3v) is 1.94. The zero-order valence-corrected chi connectivity index (χ0v) is 7.89. The Morgan fingerprint density at radius 2 is 1.62 bits per heavy atom. The first kappa shape index (κ1) is 12.7. The second kappa shape index (κ2) is 3.56. The van der Waals surface area contributed by atoms with Crippen LogP contribution in [0.15, 0.2) is 6.20 Å². The summed E-state index contributed by atoms with van der Waals surface area (Å²) in [5.74, 6) is -3.62. The molecule has 0 saturated carbocycles. The molecule has 0 atom stereocenters. The first-order valence-corrected chi connectivity index (χ1v) is 3.96. The minimum absolute atomic E-state index is 0.473. The molecule has 0 spiro atoms. The smallest absolute Gasteiger partial charge is 0.396 e. The van der Waals surface area contributed by atoms with Gasteiger partial charge in [0.05, 0.1) is 17.6 Å². The van der Waals surface area contributed by atoms with Crippen LogP contribution in [0.3, 0.4) is 0 Å². The van der Waals surface area contributed by atoms with E-state index in [9.17, 15) is 26.3 Å². The maximum Gasteiger partial charge on any atom is 0.406 e. The van der Waals surface area contributed by atoms with Crippen LogP contribution in [-0.2, 0) is 7.05 Å². The number of nitrogens with zero attached hydrogens (tertiary/aromatic N) is 2. The van der Waals surface area contributed by atoms with Crippen molar-refractivity contribution in [3.63, 3.8) is 0 Å². The molecule has 0 fully saturated rings. The van der Waals surface area contributed by atoms with Crippen molar-refractivity contribution < 1.29 is 26.3 Å². The lowest BCUT2D eigenvalue weighted by atomic mass is 10.0. The zero-order valence-electron chi connectivity index (χ0n) is 7.89.